The largest absolute Gasteiger partial charge is 0.383 e. The molecule has 2 N–H and O–H groups in total. The molecule has 0 unspecified atom stereocenters. The fourth-order valence-electron chi connectivity index (χ4n) is 5.80. The van der Waals surface area contributed by atoms with Gasteiger partial charge in [0.2, 0.25) is 0 Å². The van der Waals surface area contributed by atoms with Crippen LogP contribution in [0.25, 0.3) is 0 Å². The molecule has 2 aromatic rings. The van der Waals surface area contributed by atoms with E-state index in [9.17, 15) is 9.18 Å². The van der Waals surface area contributed by atoms with Crippen LogP contribution in [0.4, 0.5) is 20.7 Å². The van der Waals surface area contributed by atoms with Gasteiger partial charge in [-0.25, -0.2) is 14.2 Å². The second kappa shape index (κ2) is 11.6. The number of nitrogens with zero attached hydrogens (tertiary/aromatic N) is 4. The maximum absolute atomic E-state index is 14.2. The Morgan fingerprint density at radius 3 is 2.70 bits per heavy atom. The van der Waals surface area contributed by atoms with Crippen molar-refractivity contribution >= 4 is 23.4 Å². The average Bonchev–Trinajstić information content (AvgIpc) is 3.17. The number of carbonyl (C=O) groups is 1. The molecule has 37 heavy (non-hydrogen) atoms. The van der Waals surface area contributed by atoms with Crippen molar-refractivity contribution in [3.8, 4) is 0 Å². The molecule has 0 radical (unpaired) electrons. The molecule has 198 valence electrons. The maximum Gasteiger partial charge on any atom is 0.328 e. The van der Waals surface area contributed by atoms with E-state index < -0.39 is 5.54 Å². The Kier molecular flexibility index (Phi) is 8.00. The highest BCUT2D eigenvalue weighted by Gasteiger charge is 2.53. The SMILES string of the molecule is COCCNc1ccc(CN2CCC3(CC2)C(=NC2CCCCC2)NC(=O)N3c2cccc(F)c2)cn1. The number of benzene rings is 1. The van der Waals surface area contributed by atoms with Crippen molar-refractivity contribution in [2.45, 2.75) is 63.1 Å². The average molecular weight is 509 g/mol. The van der Waals surface area contributed by atoms with Crippen LogP contribution in [0.3, 0.4) is 0 Å². The number of aromatic nitrogens is 1. The van der Waals surface area contributed by atoms with Gasteiger partial charge in [-0.15, -0.1) is 0 Å². The molecule has 9 heteroatoms. The van der Waals surface area contributed by atoms with Gasteiger partial charge in [0.25, 0.3) is 0 Å². The zero-order valence-corrected chi connectivity index (χ0v) is 21.6. The first-order chi connectivity index (χ1) is 18.1. The first-order valence-corrected chi connectivity index (χ1v) is 13.4. The highest BCUT2D eigenvalue weighted by Crippen LogP contribution is 2.39. The van der Waals surface area contributed by atoms with Gasteiger partial charge in [0.15, 0.2) is 0 Å². The number of amidine groups is 1. The quantitative estimate of drug-likeness (QED) is 0.511. The van der Waals surface area contributed by atoms with Gasteiger partial charge in [0, 0.05) is 45.2 Å². The van der Waals surface area contributed by atoms with E-state index in [1.54, 1.807) is 18.1 Å². The summed E-state index contributed by atoms with van der Waals surface area (Å²) in [4.78, 5) is 27.1. The molecule has 3 heterocycles. The van der Waals surface area contributed by atoms with Gasteiger partial charge >= 0.3 is 6.03 Å². The monoisotopic (exact) mass is 508 g/mol. The van der Waals surface area contributed by atoms with Gasteiger partial charge in [0.05, 0.1) is 12.6 Å². The summed E-state index contributed by atoms with van der Waals surface area (Å²) in [5.74, 6) is 1.26. The standard InChI is InChI=1S/C28H37FN6O2/c1-37-17-14-30-25-11-10-21(19-31-25)20-34-15-12-28(13-16-34)26(32-23-7-3-2-4-8-23)33-27(36)35(28)24-9-5-6-22(29)18-24/h5-6,9-11,18-19,23H,2-4,7-8,12-17,20H2,1H3,(H,30,31)(H,32,33,36). The number of ether oxygens (including phenoxy) is 1. The van der Waals surface area contributed by atoms with Crippen molar-refractivity contribution in [1.82, 2.24) is 15.2 Å². The number of urea groups is 1. The van der Waals surface area contributed by atoms with Crippen LogP contribution in [-0.4, -0.2) is 66.7 Å². The van der Waals surface area contributed by atoms with E-state index in [0.717, 1.165) is 69.1 Å². The molecule has 3 aliphatic rings. The minimum Gasteiger partial charge on any atom is -0.383 e. The lowest BCUT2D eigenvalue weighted by Gasteiger charge is -2.43. The number of rotatable bonds is 8. The second-order valence-corrected chi connectivity index (χ2v) is 10.3. The lowest BCUT2D eigenvalue weighted by molar-refractivity contribution is 0.184. The first kappa shape index (κ1) is 25.6. The van der Waals surface area contributed by atoms with Crippen molar-refractivity contribution in [1.29, 1.82) is 0 Å². The predicted molar refractivity (Wildman–Crippen MR) is 144 cm³/mol. The van der Waals surface area contributed by atoms with E-state index in [4.69, 9.17) is 9.73 Å². The highest BCUT2D eigenvalue weighted by atomic mass is 19.1. The molecule has 0 bridgehead atoms. The molecule has 5 rings (SSSR count). The molecule has 1 saturated carbocycles. The number of carbonyl (C=O) groups excluding carboxylic acids is 1. The number of piperidine rings is 1. The zero-order valence-electron chi connectivity index (χ0n) is 21.6. The lowest BCUT2D eigenvalue weighted by Crippen LogP contribution is -2.57. The van der Waals surface area contributed by atoms with Gasteiger partial charge < -0.3 is 10.1 Å². The number of methoxy groups -OCH3 is 1. The smallest absolute Gasteiger partial charge is 0.328 e. The van der Waals surface area contributed by atoms with Crippen molar-refractivity contribution in [2.24, 2.45) is 4.99 Å². The molecule has 1 spiro atoms. The Morgan fingerprint density at radius 2 is 2.00 bits per heavy atom. The van der Waals surface area contributed by atoms with E-state index in [1.807, 2.05) is 18.3 Å². The summed E-state index contributed by atoms with van der Waals surface area (Å²) in [5, 5.41) is 6.33. The minimum atomic E-state index is -0.577. The van der Waals surface area contributed by atoms with E-state index in [0.29, 0.717) is 12.3 Å². The van der Waals surface area contributed by atoms with Crippen LogP contribution in [0.15, 0.2) is 47.6 Å². The highest BCUT2D eigenvalue weighted by molar-refractivity contribution is 6.19. The summed E-state index contributed by atoms with van der Waals surface area (Å²) < 4.78 is 19.3. The van der Waals surface area contributed by atoms with Crippen LogP contribution >= 0.6 is 0 Å². The Morgan fingerprint density at radius 1 is 1.19 bits per heavy atom. The second-order valence-electron chi connectivity index (χ2n) is 10.3. The molecule has 3 fully saturated rings. The Hall–Kier alpha value is -3.04. The molecule has 0 atom stereocenters. The Labute approximate surface area is 218 Å². The van der Waals surface area contributed by atoms with Crippen LogP contribution in [0, 0.1) is 5.82 Å². The molecular formula is C28H37FN6O2. The fourth-order valence-corrected chi connectivity index (χ4v) is 5.80. The topological polar surface area (TPSA) is 82.1 Å². The number of likely N-dealkylation sites (tertiary alicyclic amines) is 1. The minimum absolute atomic E-state index is 0.214. The van der Waals surface area contributed by atoms with Crippen LogP contribution in [-0.2, 0) is 11.3 Å². The van der Waals surface area contributed by atoms with Gasteiger partial charge in [-0.05, 0) is 55.5 Å². The summed E-state index contributed by atoms with van der Waals surface area (Å²) in [6, 6.07) is 10.5. The van der Waals surface area contributed by atoms with E-state index >= 15 is 0 Å². The number of pyridine rings is 1. The lowest BCUT2D eigenvalue weighted by atomic mass is 9.84. The third-order valence-electron chi connectivity index (χ3n) is 7.78. The summed E-state index contributed by atoms with van der Waals surface area (Å²) in [6.45, 7) is 3.75. The van der Waals surface area contributed by atoms with Crippen molar-refractivity contribution < 1.29 is 13.9 Å². The molecule has 2 aliphatic heterocycles. The third-order valence-corrected chi connectivity index (χ3v) is 7.78. The Balaban J connectivity index is 1.32. The Bertz CT molecular complexity index is 1090. The van der Waals surface area contributed by atoms with Gasteiger partial charge in [0.1, 0.15) is 23.0 Å². The number of amides is 2. The van der Waals surface area contributed by atoms with Crippen LogP contribution < -0.4 is 15.5 Å². The summed E-state index contributed by atoms with van der Waals surface area (Å²) in [5.41, 5.74) is 1.15. The van der Waals surface area contributed by atoms with Crippen molar-refractivity contribution in [2.75, 3.05) is 43.6 Å². The zero-order chi connectivity index (χ0) is 25.7. The van der Waals surface area contributed by atoms with Crippen LogP contribution in [0.5, 0.6) is 0 Å². The number of anilines is 2. The summed E-state index contributed by atoms with van der Waals surface area (Å²) in [6.07, 6.45) is 9.11. The van der Waals surface area contributed by atoms with E-state index in [2.05, 4.69) is 26.6 Å². The molecule has 1 aromatic heterocycles. The normalized spacial score (nSPS) is 21.5. The third kappa shape index (κ3) is 5.78. The maximum atomic E-state index is 14.2. The van der Waals surface area contributed by atoms with Crippen LogP contribution in [0.1, 0.15) is 50.5 Å². The van der Waals surface area contributed by atoms with Crippen LogP contribution in [0.2, 0.25) is 0 Å². The summed E-state index contributed by atoms with van der Waals surface area (Å²) in [7, 11) is 1.68. The number of nitrogens with one attached hydrogen (secondary N) is 2. The van der Waals surface area contributed by atoms with E-state index in [-0.39, 0.29) is 17.9 Å². The number of aliphatic imine (C=N–C) groups is 1. The van der Waals surface area contributed by atoms with Crippen molar-refractivity contribution in [3.05, 3.63) is 54.0 Å². The van der Waals surface area contributed by atoms with E-state index in [1.165, 1.54) is 31.4 Å². The first-order valence-electron chi connectivity index (χ1n) is 13.4. The fraction of sp³-hybridized carbons (Fsp3) is 0.536. The predicted octanol–water partition coefficient (Wildman–Crippen LogP) is 4.57. The number of halogens is 1. The summed E-state index contributed by atoms with van der Waals surface area (Å²) >= 11 is 0. The molecular weight excluding hydrogens is 471 g/mol. The number of hydrogen-bond acceptors (Lipinski definition) is 6. The molecule has 2 amide bonds. The van der Waals surface area contributed by atoms with Gasteiger partial charge in [-0.1, -0.05) is 31.4 Å². The molecule has 2 saturated heterocycles. The van der Waals surface area contributed by atoms with Gasteiger partial charge in [-0.2, -0.15) is 0 Å². The van der Waals surface area contributed by atoms with Gasteiger partial charge in [-0.3, -0.25) is 20.1 Å². The molecule has 1 aliphatic carbocycles. The molecule has 8 nitrogen and oxygen atoms in total. The number of hydrogen-bond donors (Lipinski definition) is 2. The molecule has 1 aromatic carbocycles. The van der Waals surface area contributed by atoms with Crippen molar-refractivity contribution in [3.63, 3.8) is 0 Å².